The first-order valence-corrected chi connectivity index (χ1v) is 8.19. The summed E-state index contributed by atoms with van der Waals surface area (Å²) in [5.41, 5.74) is -0.578. The topological polar surface area (TPSA) is 55.4 Å². The quantitative estimate of drug-likeness (QED) is 0.476. The number of ether oxygens (including phenoxy) is 1. The van der Waals surface area contributed by atoms with E-state index in [1.807, 2.05) is 30.3 Å². The van der Waals surface area contributed by atoms with E-state index in [4.69, 9.17) is 4.74 Å². The van der Waals surface area contributed by atoms with Gasteiger partial charge in [0.2, 0.25) is 0 Å². The van der Waals surface area contributed by atoms with Gasteiger partial charge in [0.25, 0.3) is 5.91 Å². The van der Waals surface area contributed by atoms with Crippen molar-refractivity contribution in [3.05, 3.63) is 71.6 Å². The number of halogens is 2. The Balaban J connectivity index is 1.87. The number of amides is 1. The highest BCUT2D eigenvalue weighted by Crippen LogP contribution is 2.19. The lowest BCUT2D eigenvalue weighted by Crippen LogP contribution is -2.30. The highest BCUT2D eigenvalue weighted by molar-refractivity contribution is 8.02. The molecule has 0 aliphatic heterocycles. The number of hydrogen-bond donors (Lipinski definition) is 1. The molecule has 2 rings (SSSR count). The van der Waals surface area contributed by atoms with Gasteiger partial charge in [0, 0.05) is 11.0 Å². The third-order valence-corrected chi connectivity index (χ3v) is 3.84. The van der Waals surface area contributed by atoms with Gasteiger partial charge in [-0.1, -0.05) is 36.0 Å². The molecular weight excluding hydrogens is 348 g/mol. The second-order valence-electron chi connectivity index (χ2n) is 4.90. The summed E-state index contributed by atoms with van der Waals surface area (Å²) in [5.74, 6) is -3.39. The molecule has 1 amide bonds. The molecule has 2 aromatic carbocycles. The molecule has 130 valence electrons. The van der Waals surface area contributed by atoms with Crippen LogP contribution >= 0.6 is 11.8 Å². The van der Waals surface area contributed by atoms with Gasteiger partial charge in [0.1, 0.15) is 17.3 Å². The van der Waals surface area contributed by atoms with Crippen LogP contribution in [0.25, 0.3) is 0 Å². The molecule has 0 aliphatic carbocycles. The highest BCUT2D eigenvalue weighted by atomic mass is 32.2. The maximum atomic E-state index is 13.5. The molecule has 0 saturated heterocycles. The molecular formula is C18H15F2NO3S. The molecule has 0 heterocycles. The summed E-state index contributed by atoms with van der Waals surface area (Å²) < 4.78 is 31.9. The monoisotopic (exact) mass is 363 g/mol. The zero-order valence-corrected chi connectivity index (χ0v) is 14.1. The van der Waals surface area contributed by atoms with Crippen LogP contribution in [-0.2, 0) is 14.3 Å². The fourth-order valence-electron chi connectivity index (χ4n) is 1.78. The van der Waals surface area contributed by atoms with Crippen molar-refractivity contribution in [2.24, 2.45) is 0 Å². The maximum Gasteiger partial charge on any atom is 0.332 e. The van der Waals surface area contributed by atoms with Gasteiger partial charge in [-0.25, -0.2) is 13.6 Å². The van der Waals surface area contributed by atoms with Crippen molar-refractivity contribution in [2.45, 2.75) is 17.9 Å². The number of benzene rings is 2. The Bertz CT molecular complexity index is 761. The zero-order valence-electron chi connectivity index (χ0n) is 13.2. The minimum Gasteiger partial charge on any atom is -0.449 e. The van der Waals surface area contributed by atoms with Crippen molar-refractivity contribution in [3.8, 4) is 0 Å². The number of para-hydroxylation sites is 1. The fourth-order valence-corrected chi connectivity index (χ4v) is 2.43. The Kier molecular flexibility index (Phi) is 6.71. The molecule has 4 nitrogen and oxygen atoms in total. The van der Waals surface area contributed by atoms with Crippen LogP contribution in [0.5, 0.6) is 0 Å². The van der Waals surface area contributed by atoms with Crippen molar-refractivity contribution in [1.29, 1.82) is 0 Å². The highest BCUT2D eigenvalue weighted by Gasteiger charge is 2.19. The van der Waals surface area contributed by atoms with Crippen LogP contribution in [0.2, 0.25) is 0 Å². The van der Waals surface area contributed by atoms with Crippen LogP contribution < -0.4 is 5.32 Å². The minimum absolute atomic E-state index is 0.578. The summed E-state index contributed by atoms with van der Waals surface area (Å²) in [6.45, 7) is 1.31. The zero-order chi connectivity index (χ0) is 18.2. The molecule has 7 heteroatoms. The Morgan fingerprint density at radius 2 is 1.72 bits per heavy atom. The number of nitrogens with one attached hydrogen (secondary N) is 1. The standard InChI is InChI=1S/C18H15F2NO3S/c1-12(18(23)21-17-14(19)8-5-9-15(17)20)24-16(22)10-11-25-13-6-3-2-4-7-13/h2-12H,1H3,(H,21,23)/b11-10+/t12-/m0/s1. The van der Waals surface area contributed by atoms with Crippen LogP contribution in [0, 0.1) is 11.6 Å². The molecule has 1 N–H and O–H groups in total. The van der Waals surface area contributed by atoms with Crippen molar-refractivity contribution in [3.63, 3.8) is 0 Å². The molecule has 0 unspecified atom stereocenters. The molecule has 1 atom stereocenters. The molecule has 0 aliphatic rings. The Morgan fingerprint density at radius 1 is 1.08 bits per heavy atom. The van der Waals surface area contributed by atoms with Gasteiger partial charge in [0.15, 0.2) is 6.10 Å². The average Bonchev–Trinajstić information content (AvgIpc) is 2.59. The lowest BCUT2D eigenvalue weighted by Gasteiger charge is -2.13. The van der Waals surface area contributed by atoms with E-state index in [-0.39, 0.29) is 0 Å². The number of carbonyl (C=O) groups excluding carboxylic acids is 2. The van der Waals surface area contributed by atoms with Gasteiger partial charge in [0.05, 0.1) is 0 Å². The molecule has 0 aromatic heterocycles. The Hall–Kier alpha value is -2.67. The van der Waals surface area contributed by atoms with Crippen molar-refractivity contribution >= 4 is 29.3 Å². The van der Waals surface area contributed by atoms with E-state index < -0.39 is 35.3 Å². The number of esters is 1. The van der Waals surface area contributed by atoms with Gasteiger partial charge < -0.3 is 10.1 Å². The summed E-state index contributed by atoms with van der Waals surface area (Å²) in [4.78, 5) is 24.5. The van der Waals surface area contributed by atoms with E-state index in [9.17, 15) is 18.4 Å². The van der Waals surface area contributed by atoms with Crippen LogP contribution in [0.4, 0.5) is 14.5 Å². The first-order valence-electron chi connectivity index (χ1n) is 7.31. The van der Waals surface area contributed by atoms with Crippen molar-refractivity contribution in [2.75, 3.05) is 5.32 Å². The number of rotatable bonds is 6. The smallest absolute Gasteiger partial charge is 0.332 e. The summed E-state index contributed by atoms with van der Waals surface area (Å²) in [7, 11) is 0. The second-order valence-corrected chi connectivity index (χ2v) is 5.88. The van der Waals surface area contributed by atoms with E-state index in [0.717, 1.165) is 17.0 Å². The summed E-state index contributed by atoms with van der Waals surface area (Å²) >= 11 is 1.31. The van der Waals surface area contributed by atoms with Crippen LogP contribution in [-0.4, -0.2) is 18.0 Å². The van der Waals surface area contributed by atoms with E-state index in [1.165, 1.54) is 36.2 Å². The molecule has 0 bridgehead atoms. The molecule has 0 radical (unpaired) electrons. The molecule has 2 aromatic rings. The van der Waals surface area contributed by atoms with Crippen LogP contribution in [0.3, 0.4) is 0 Å². The van der Waals surface area contributed by atoms with E-state index in [2.05, 4.69) is 5.32 Å². The van der Waals surface area contributed by atoms with E-state index >= 15 is 0 Å². The first kappa shape index (κ1) is 18.7. The average molecular weight is 363 g/mol. The van der Waals surface area contributed by atoms with Crippen LogP contribution in [0.1, 0.15) is 6.92 Å². The van der Waals surface area contributed by atoms with Gasteiger partial charge in [-0.2, -0.15) is 0 Å². The summed E-state index contributed by atoms with van der Waals surface area (Å²) in [5, 5.41) is 3.60. The molecule has 0 fully saturated rings. The molecule has 0 saturated carbocycles. The Labute approximate surface area is 147 Å². The summed E-state index contributed by atoms with van der Waals surface area (Å²) in [6.07, 6.45) is -0.0385. The number of anilines is 1. The predicted octanol–water partition coefficient (Wildman–Crippen LogP) is 4.14. The lowest BCUT2D eigenvalue weighted by molar-refractivity contribution is -0.148. The minimum atomic E-state index is -1.21. The van der Waals surface area contributed by atoms with Gasteiger partial charge in [-0.15, -0.1) is 0 Å². The first-order chi connectivity index (χ1) is 12.0. The SMILES string of the molecule is C[C@H](OC(=O)/C=C/Sc1ccccc1)C(=O)Nc1c(F)cccc1F. The fraction of sp³-hybridized carbons (Fsp3) is 0.111. The summed E-state index contributed by atoms with van der Waals surface area (Å²) in [6, 6.07) is 12.6. The third-order valence-electron chi connectivity index (χ3n) is 3.02. The number of thioether (sulfide) groups is 1. The van der Waals surface area contributed by atoms with Crippen molar-refractivity contribution < 1.29 is 23.1 Å². The van der Waals surface area contributed by atoms with E-state index in [1.54, 1.807) is 0 Å². The van der Waals surface area contributed by atoms with Gasteiger partial charge in [-0.3, -0.25) is 4.79 Å². The largest absolute Gasteiger partial charge is 0.449 e. The Morgan fingerprint density at radius 3 is 2.36 bits per heavy atom. The second kappa shape index (κ2) is 8.98. The van der Waals surface area contributed by atoms with E-state index in [0.29, 0.717) is 0 Å². The molecule has 0 spiro atoms. The normalized spacial score (nSPS) is 12.0. The number of carbonyl (C=O) groups is 2. The number of hydrogen-bond acceptors (Lipinski definition) is 4. The van der Waals surface area contributed by atoms with Gasteiger partial charge >= 0.3 is 5.97 Å². The van der Waals surface area contributed by atoms with Gasteiger partial charge in [-0.05, 0) is 36.6 Å². The molecule has 25 heavy (non-hydrogen) atoms. The third kappa shape index (κ3) is 5.72. The lowest BCUT2D eigenvalue weighted by atomic mass is 10.2. The maximum absolute atomic E-state index is 13.5. The van der Waals surface area contributed by atoms with Crippen LogP contribution in [0.15, 0.2) is 64.9 Å². The van der Waals surface area contributed by atoms with Crippen molar-refractivity contribution in [1.82, 2.24) is 0 Å². The predicted molar refractivity (Wildman–Crippen MR) is 92.0 cm³/mol.